The molecule has 1 N–H and O–H groups in total. The van der Waals surface area contributed by atoms with E-state index in [1.54, 1.807) is 18.2 Å². The van der Waals surface area contributed by atoms with Gasteiger partial charge in [-0.05, 0) is 43.0 Å². The Morgan fingerprint density at radius 3 is 3.00 bits per heavy atom. The maximum absolute atomic E-state index is 11.4. The molecule has 2 rings (SSSR count). The lowest BCUT2D eigenvalue weighted by Crippen LogP contribution is -2.25. The molecule has 0 aliphatic heterocycles. The van der Waals surface area contributed by atoms with Crippen LogP contribution in [-0.4, -0.2) is 12.5 Å². The lowest BCUT2D eigenvalue weighted by atomic mass is 10.2. The van der Waals surface area contributed by atoms with Gasteiger partial charge >= 0.3 is 0 Å². The highest BCUT2D eigenvalue weighted by molar-refractivity contribution is 5.94. The van der Waals surface area contributed by atoms with Crippen LogP contribution in [0.1, 0.15) is 23.2 Å². The van der Waals surface area contributed by atoms with Crippen LogP contribution in [0.4, 0.5) is 0 Å². The van der Waals surface area contributed by atoms with E-state index < -0.39 is 0 Å². The summed E-state index contributed by atoms with van der Waals surface area (Å²) in [6, 6.07) is 10.6. The number of amides is 1. The van der Waals surface area contributed by atoms with E-state index in [-0.39, 0.29) is 5.91 Å². The molecule has 0 heterocycles. The first-order valence-corrected chi connectivity index (χ1v) is 4.52. The fourth-order valence-corrected chi connectivity index (χ4v) is 1.15. The van der Waals surface area contributed by atoms with Crippen LogP contribution < -0.4 is 5.32 Å². The summed E-state index contributed by atoms with van der Waals surface area (Å²) in [6.07, 6.45) is 2.52. The first-order valence-electron chi connectivity index (χ1n) is 4.52. The fourth-order valence-electron chi connectivity index (χ4n) is 1.15. The summed E-state index contributed by atoms with van der Waals surface area (Å²) in [5.74, 6) is 0.723. The summed E-state index contributed by atoms with van der Waals surface area (Å²) in [5.41, 5.74) is 0.666. The van der Waals surface area contributed by atoms with Crippen molar-refractivity contribution in [3.8, 4) is 0 Å². The lowest BCUT2D eigenvalue weighted by molar-refractivity contribution is 0.0952. The Balaban J connectivity index is 1.89. The zero-order chi connectivity index (χ0) is 9.10. The first-order chi connectivity index (χ1) is 6.36. The van der Waals surface area contributed by atoms with Crippen LogP contribution in [-0.2, 0) is 0 Å². The van der Waals surface area contributed by atoms with E-state index in [0.29, 0.717) is 5.56 Å². The van der Waals surface area contributed by atoms with Crippen LogP contribution >= 0.6 is 0 Å². The molecular formula is C11H11NO. The molecule has 2 heteroatoms. The van der Waals surface area contributed by atoms with Gasteiger partial charge in [-0.3, -0.25) is 4.79 Å². The van der Waals surface area contributed by atoms with Crippen molar-refractivity contribution in [2.45, 2.75) is 12.8 Å². The monoisotopic (exact) mass is 173 g/mol. The summed E-state index contributed by atoms with van der Waals surface area (Å²) in [6.45, 7) is 0.817. The molecule has 13 heavy (non-hydrogen) atoms. The van der Waals surface area contributed by atoms with Gasteiger partial charge in [0.1, 0.15) is 0 Å². The van der Waals surface area contributed by atoms with Gasteiger partial charge in [0, 0.05) is 12.1 Å². The van der Waals surface area contributed by atoms with Gasteiger partial charge in [-0.1, -0.05) is 6.07 Å². The van der Waals surface area contributed by atoms with E-state index in [1.807, 2.05) is 0 Å². The second-order valence-electron chi connectivity index (χ2n) is 3.38. The molecule has 1 aromatic rings. The molecule has 1 aliphatic carbocycles. The van der Waals surface area contributed by atoms with Crippen LogP contribution in [0, 0.1) is 18.1 Å². The molecule has 1 saturated carbocycles. The maximum atomic E-state index is 11.4. The molecule has 0 unspecified atom stereocenters. The van der Waals surface area contributed by atoms with E-state index >= 15 is 0 Å². The highest BCUT2D eigenvalue weighted by Gasteiger charge is 2.21. The van der Waals surface area contributed by atoms with Crippen molar-refractivity contribution >= 4 is 5.91 Å². The number of carbonyl (C=O) groups is 1. The molecule has 1 aromatic carbocycles. The van der Waals surface area contributed by atoms with E-state index in [0.717, 1.165) is 12.5 Å². The van der Waals surface area contributed by atoms with Crippen molar-refractivity contribution < 1.29 is 4.79 Å². The highest BCUT2D eigenvalue weighted by atomic mass is 16.1. The summed E-state index contributed by atoms with van der Waals surface area (Å²) < 4.78 is 0. The van der Waals surface area contributed by atoms with Crippen LogP contribution in [0.15, 0.2) is 18.2 Å². The number of hydrogen-bond acceptors (Lipinski definition) is 1. The Kier molecular flexibility index (Phi) is 2.30. The second kappa shape index (κ2) is 3.60. The van der Waals surface area contributed by atoms with Gasteiger partial charge in [0.25, 0.3) is 5.91 Å². The smallest absolute Gasteiger partial charge is 0.251 e. The summed E-state index contributed by atoms with van der Waals surface area (Å²) >= 11 is 0. The van der Waals surface area contributed by atoms with Crippen molar-refractivity contribution in [1.29, 1.82) is 0 Å². The van der Waals surface area contributed by atoms with Crippen LogP contribution in [0.5, 0.6) is 0 Å². The van der Waals surface area contributed by atoms with Gasteiger partial charge < -0.3 is 5.32 Å². The van der Waals surface area contributed by atoms with Crippen LogP contribution in [0.25, 0.3) is 0 Å². The largest absolute Gasteiger partial charge is 0.352 e. The quantitative estimate of drug-likeness (QED) is 0.736. The van der Waals surface area contributed by atoms with Crippen molar-refractivity contribution in [2.75, 3.05) is 6.54 Å². The molecule has 0 bridgehead atoms. The fraction of sp³-hybridized carbons (Fsp3) is 0.364. The number of benzene rings is 1. The Morgan fingerprint density at radius 1 is 1.54 bits per heavy atom. The number of carbonyl (C=O) groups excluding carboxylic acids is 1. The minimum Gasteiger partial charge on any atom is -0.352 e. The third kappa shape index (κ3) is 2.31. The Labute approximate surface area is 78.0 Å². The molecule has 0 saturated heterocycles. The van der Waals surface area contributed by atoms with Gasteiger partial charge in [-0.25, -0.2) is 0 Å². The molecule has 1 amide bonds. The van der Waals surface area contributed by atoms with Gasteiger partial charge in [0.15, 0.2) is 0 Å². The third-order valence-corrected chi connectivity index (χ3v) is 2.17. The zero-order valence-corrected chi connectivity index (χ0v) is 7.34. The van der Waals surface area contributed by atoms with E-state index in [2.05, 4.69) is 17.4 Å². The molecule has 66 valence electrons. The molecule has 0 aromatic heterocycles. The van der Waals surface area contributed by atoms with Gasteiger partial charge in [-0.2, -0.15) is 0 Å². The molecular weight excluding hydrogens is 162 g/mol. The van der Waals surface area contributed by atoms with Gasteiger partial charge in [-0.15, -0.1) is 0 Å². The summed E-state index contributed by atoms with van der Waals surface area (Å²) in [7, 11) is 0. The van der Waals surface area contributed by atoms with Gasteiger partial charge in [0.2, 0.25) is 0 Å². The Morgan fingerprint density at radius 2 is 2.38 bits per heavy atom. The summed E-state index contributed by atoms with van der Waals surface area (Å²) in [4.78, 5) is 11.4. The average Bonchev–Trinajstić information content (AvgIpc) is 2.99. The molecule has 2 nitrogen and oxygen atoms in total. The molecule has 0 spiro atoms. The third-order valence-electron chi connectivity index (χ3n) is 2.17. The van der Waals surface area contributed by atoms with E-state index in [1.165, 1.54) is 12.8 Å². The minimum atomic E-state index is -0.00264. The second-order valence-corrected chi connectivity index (χ2v) is 3.38. The summed E-state index contributed by atoms with van der Waals surface area (Å²) in [5, 5.41) is 2.89. The predicted octanol–water partition coefficient (Wildman–Crippen LogP) is 1.43. The zero-order valence-electron chi connectivity index (χ0n) is 7.34. The Hall–Kier alpha value is -1.31. The predicted molar refractivity (Wildman–Crippen MR) is 49.2 cm³/mol. The van der Waals surface area contributed by atoms with Crippen molar-refractivity contribution in [1.82, 2.24) is 5.32 Å². The highest BCUT2D eigenvalue weighted by Crippen LogP contribution is 2.27. The van der Waals surface area contributed by atoms with E-state index in [9.17, 15) is 4.79 Å². The standard InChI is InChI=1S/C11H11NO/c13-11(12-8-9-6-7-9)10-4-2-1-3-5-10/h2,4-5,9H,6-8H2,(H,12,13). The van der Waals surface area contributed by atoms with Crippen molar-refractivity contribution in [2.24, 2.45) is 5.92 Å². The van der Waals surface area contributed by atoms with Gasteiger partial charge in [0.05, 0.1) is 0 Å². The number of hydrogen-bond donors (Lipinski definition) is 1. The average molecular weight is 173 g/mol. The first kappa shape index (κ1) is 8.30. The van der Waals surface area contributed by atoms with Crippen LogP contribution in [0.2, 0.25) is 0 Å². The number of nitrogens with one attached hydrogen (secondary N) is 1. The van der Waals surface area contributed by atoms with E-state index in [4.69, 9.17) is 0 Å². The molecule has 2 radical (unpaired) electrons. The molecule has 1 aliphatic rings. The Bertz CT molecular complexity index is 290. The van der Waals surface area contributed by atoms with Crippen LogP contribution in [0.3, 0.4) is 0 Å². The normalized spacial score (nSPS) is 15.4. The molecule has 0 atom stereocenters. The minimum absolute atomic E-state index is 0.00264. The lowest BCUT2D eigenvalue weighted by Gasteiger charge is -2.02. The maximum Gasteiger partial charge on any atom is 0.251 e. The SMILES string of the molecule is O=C(NCC1CC1)c1c[c][c]cc1. The topological polar surface area (TPSA) is 29.1 Å². The number of rotatable bonds is 3. The van der Waals surface area contributed by atoms with Crippen molar-refractivity contribution in [3.05, 3.63) is 35.9 Å². The molecule has 1 fully saturated rings. The van der Waals surface area contributed by atoms with Crippen molar-refractivity contribution in [3.63, 3.8) is 0 Å².